The van der Waals surface area contributed by atoms with Crippen molar-refractivity contribution in [1.82, 2.24) is 107 Å². The highest BCUT2D eigenvalue weighted by atomic mass is 32.2. The van der Waals surface area contributed by atoms with Crippen LogP contribution in [0.2, 0.25) is 0 Å². The van der Waals surface area contributed by atoms with E-state index in [1.807, 2.05) is 6.26 Å². The van der Waals surface area contributed by atoms with E-state index in [-0.39, 0.29) is 142 Å². The molecule has 13 aliphatic heterocycles. The summed E-state index contributed by atoms with van der Waals surface area (Å²) in [5.41, 5.74) is 0. The molecule has 13 fully saturated rings. The van der Waals surface area contributed by atoms with Crippen LogP contribution in [0.5, 0.6) is 0 Å². The van der Waals surface area contributed by atoms with Crippen molar-refractivity contribution >= 4 is 136 Å². The van der Waals surface area contributed by atoms with Gasteiger partial charge < -0.3 is 112 Å². The largest absolute Gasteiger partial charge is 0.480 e. The maximum absolute atomic E-state index is 14.4. The number of thioether (sulfide) groups is 1. The summed E-state index contributed by atoms with van der Waals surface area (Å²) < 4.78 is 0. The second-order valence-electron chi connectivity index (χ2n) is 35.5. The van der Waals surface area contributed by atoms with Gasteiger partial charge in [-0.15, -0.1) is 0 Å². The standard InChI is InChI=1S/C84H123N21O22S/c1-128-42-28-50(71(114)86-43-65(107)95-31-10-23-59(95)80(123)102-38-6-18-54(102)74(117)89-46-68(110)98-34-13-26-62(98)83(126)104-40-8-20-56(104)76(119)91-48-69(111)99-35-14-27-63(99)84(127)105-41-9-21-57(105)77(120)92-49-70(112)113)93-78(121)58-22-3-30-94(58)64(106)44-87-73(116)53-17-5-37-101(53)81(124)61-25-12-33-97(61)67(109)47-90-75(118)55-19-7-39-103(55)82(125)60-24-11-32-96(60)66(108)45-88-72(115)52-16-4-36-100(52)79(122)51-15-2-29-85-51/h50-63,85H,2-49H2,1H3,(H,86,114)(H,87,116)(H,88,115)(H,89,117)(H,90,118)(H,91,119)(H,92,120)(H,93,121)(H,112,113)/t50-,51-,52-,53-,54-,55-,56-,57-,58-,59-,60-,61-,62-,63-/m0/s1. The first-order valence-electron chi connectivity index (χ1n) is 45.9. The molecule has 13 heterocycles. The molecule has 0 aromatic carbocycles. The van der Waals surface area contributed by atoms with Crippen molar-refractivity contribution in [3.8, 4) is 0 Å². The molecular formula is C84H123N21O22S. The molecule has 0 spiro atoms. The molecule has 0 saturated carbocycles. The zero-order chi connectivity index (χ0) is 91.1. The zero-order valence-corrected chi connectivity index (χ0v) is 73.6. The first-order chi connectivity index (χ1) is 61.6. The molecular weight excluding hydrogens is 1690 g/mol. The molecule has 43 nitrogen and oxygen atoms in total. The predicted octanol–water partition coefficient (Wildman–Crippen LogP) is -6.23. The summed E-state index contributed by atoms with van der Waals surface area (Å²) >= 11 is 1.40. The lowest BCUT2D eigenvalue weighted by Gasteiger charge is -2.32. The summed E-state index contributed by atoms with van der Waals surface area (Å²) in [7, 11) is 0. The van der Waals surface area contributed by atoms with Gasteiger partial charge in [0.25, 0.3) is 0 Å². The van der Waals surface area contributed by atoms with E-state index in [0.717, 1.165) is 13.0 Å². The molecule has 702 valence electrons. The Hall–Kier alpha value is -10.8. The Balaban J connectivity index is 0.520. The molecule has 10 N–H and O–H groups in total. The van der Waals surface area contributed by atoms with E-state index in [2.05, 4.69) is 47.9 Å². The number of likely N-dealkylation sites (tertiary alicyclic amines) is 12. The van der Waals surface area contributed by atoms with E-state index >= 15 is 0 Å². The molecule has 13 saturated heterocycles. The average Bonchev–Trinajstić information content (AvgIpc) is 1.66. The third-order valence-corrected chi connectivity index (χ3v) is 28.3. The number of hydrogen-bond donors (Lipinski definition) is 10. The van der Waals surface area contributed by atoms with E-state index in [9.17, 15) is 101 Å². The molecule has 14 atom stereocenters. The van der Waals surface area contributed by atoms with E-state index in [1.165, 1.54) is 65.7 Å². The summed E-state index contributed by atoms with van der Waals surface area (Å²) in [6.07, 6.45) is 13.0. The molecule has 0 bridgehead atoms. The summed E-state index contributed by atoms with van der Waals surface area (Å²) in [6, 6.07) is -12.6. The van der Waals surface area contributed by atoms with Gasteiger partial charge in [-0.1, -0.05) is 0 Å². The molecule has 13 aliphatic rings. The van der Waals surface area contributed by atoms with Crippen LogP contribution in [-0.4, -0.2) is 416 Å². The quantitative estimate of drug-likeness (QED) is 0.0300. The van der Waals surface area contributed by atoms with Gasteiger partial charge in [0.05, 0.1) is 45.3 Å². The average molecular weight is 1810 g/mol. The Morgan fingerprint density at radius 2 is 0.492 bits per heavy atom. The molecule has 20 amide bonds. The predicted molar refractivity (Wildman–Crippen MR) is 451 cm³/mol. The Morgan fingerprint density at radius 3 is 0.734 bits per heavy atom. The van der Waals surface area contributed by atoms with Gasteiger partial charge in [-0.25, -0.2) is 0 Å². The highest BCUT2D eigenvalue weighted by molar-refractivity contribution is 7.98. The van der Waals surface area contributed by atoms with E-state index < -0.39 is 236 Å². The number of nitrogens with zero attached hydrogens (tertiary/aromatic N) is 12. The monoisotopic (exact) mass is 1810 g/mol. The fraction of sp³-hybridized carbons (Fsp3) is 0.750. The summed E-state index contributed by atoms with van der Waals surface area (Å²) in [6.45, 7) is -0.0356. The van der Waals surface area contributed by atoms with Crippen LogP contribution >= 0.6 is 11.8 Å². The van der Waals surface area contributed by atoms with Gasteiger partial charge in [0.15, 0.2) is 0 Å². The van der Waals surface area contributed by atoms with Crippen molar-refractivity contribution in [2.24, 2.45) is 0 Å². The lowest BCUT2D eigenvalue weighted by atomic mass is 10.1. The first kappa shape index (κ1) is 94.8. The fourth-order valence-corrected chi connectivity index (χ4v) is 21.6. The number of carboxylic acids is 1. The van der Waals surface area contributed by atoms with Gasteiger partial charge in [0.1, 0.15) is 85.1 Å². The fourth-order valence-electron chi connectivity index (χ4n) is 21.2. The van der Waals surface area contributed by atoms with E-state index in [0.29, 0.717) is 128 Å². The smallest absolute Gasteiger partial charge is 0.322 e. The van der Waals surface area contributed by atoms with Gasteiger partial charge in [0.2, 0.25) is 118 Å². The molecule has 13 rings (SSSR count). The number of rotatable bonds is 32. The second kappa shape index (κ2) is 43.5. The highest BCUT2D eigenvalue weighted by Gasteiger charge is 2.51. The SMILES string of the molecule is CSCC[C@H](NC(=O)[C@@H]1CCCN1C(=O)CNC(=O)[C@@H]1CCCN1C(=O)[C@@H]1CCCN1C(=O)CNC(=O)[C@@H]1CCCN1C(=O)[C@@H]1CCCN1C(=O)CNC(=O)[C@@H]1CCCN1C(=O)[C@@H]1CCCN1)C(=O)NCC(=O)N1CCC[C@H]1C(=O)N1CCC[C@H]1C(=O)NCC(=O)N1CCC[C@H]1C(=O)N1CCC[C@H]1C(=O)NCC(=O)N1CCC[C@H]1C(=O)N1CCC[C@H]1C(=O)NCC(=O)O. The molecule has 128 heavy (non-hydrogen) atoms. The van der Waals surface area contributed by atoms with Crippen LogP contribution in [0.15, 0.2) is 0 Å². The molecule has 0 unspecified atom stereocenters. The van der Waals surface area contributed by atoms with Crippen LogP contribution < -0.4 is 47.9 Å². The number of aliphatic carboxylic acids is 1. The lowest BCUT2D eigenvalue weighted by Crippen LogP contribution is -2.57. The van der Waals surface area contributed by atoms with Crippen molar-refractivity contribution in [2.75, 3.05) is 143 Å². The molecule has 44 heteroatoms. The topological polar surface area (TPSA) is 526 Å². The molecule has 0 radical (unpaired) electrons. The van der Waals surface area contributed by atoms with Gasteiger partial charge in [-0.3, -0.25) is 101 Å². The maximum Gasteiger partial charge on any atom is 0.322 e. The summed E-state index contributed by atoms with van der Waals surface area (Å²) in [4.78, 5) is 305. The minimum Gasteiger partial charge on any atom is -0.480 e. The van der Waals surface area contributed by atoms with Crippen LogP contribution in [0.1, 0.15) is 173 Å². The van der Waals surface area contributed by atoms with Crippen molar-refractivity contribution in [3.63, 3.8) is 0 Å². The number of amides is 20. The van der Waals surface area contributed by atoms with Crippen molar-refractivity contribution in [1.29, 1.82) is 0 Å². The minimum absolute atomic E-state index is 0.123. The number of carbonyl (C=O) groups excluding carboxylic acids is 20. The Bertz CT molecular complexity index is 4290. The van der Waals surface area contributed by atoms with Gasteiger partial charge in [-0.2, -0.15) is 11.8 Å². The van der Waals surface area contributed by atoms with Gasteiger partial charge in [0, 0.05) is 78.5 Å². The molecule has 0 aromatic rings. The van der Waals surface area contributed by atoms with Gasteiger partial charge >= 0.3 is 5.97 Å². The maximum atomic E-state index is 14.4. The number of nitrogens with one attached hydrogen (secondary N) is 9. The first-order valence-corrected chi connectivity index (χ1v) is 47.3. The molecule has 0 aromatic heterocycles. The zero-order valence-electron chi connectivity index (χ0n) is 72.8. The number of hydrogen-bond acceptors (Lipinski definition) is 23. The van der Waals surface area contributed by atoms with Crippen LogP contribution in [-0.2, 0) is 101 Å². The van der Waals surface area contributed by atoms with E-state index in [4.69, 9.17) is 5.11 Å². The summed E-state index contributed by atoms with van der Waals surface area (Å²) in [5, 5.41) is 33.3. The van der Waals surface area contributed by atoms with Crippen molar-refractivity contribution in [2.45, 2.75) is 258 Å². The Morgan fingerprint density at radius 1 is 0.273 bits per heavy atom. The van der Waals surface area contributed by atoms with Crippen molar-refractivity contribution < 1.29 is 106 Å². The van der Waals surface area contributed by atoms with Gasteiger partial charge in [-0.05, 0) is 192 Å². The second-order valence-corrected chi connectivity index (χ2v) is 36.5. The Labute approximate surface area is 745 Å². The van der Waals surface area contributed by atoms with Crippen LogP contribution in [0.25, 0.3) is 0 Å². The van der Waals surface area contributed by atoms with E-state index in [1.54, 1.807) is 4.90 Å². The van der Waals surface area contributed by atoms with Crippen LogP contribution in [0.4, 0.5) is 0 Å². The normalized spacial score (nSPS) is 27.0. The number of carbonyl (C=O) groups is 21. The Kier molecular flexibility index (Phi) is 32.2. The van der Waals surface area contributed by atoms with Crippen molar-refractivity contribution in [3.05, 3.63) is 0 Å². The highest BCUT2D eigenvalue weighted by Crippen LogP contribution is 2.33. The third kappa shape index (κ3) is 21.7. The van der Waals surface area contributed by atoms with Crippen LogP contribution in [0, 0.1) is 0 Å². The number of carboxylic acid groups (broad SMARTS) is 1. The molecule has 0 aliphatic carbocycles. The third-order valence-electron chi connectivity index (χ3n) is 27.7. The van der Waals surface area contributed by atoms with Crippen LogP contribution in [0.3, 0.4) is 0 Å². The summed E-state index contributed by atoms with van der Waals surface area (Å²) in [5.74, 6) is -11.3. The lowest BCUT2D eigenvalue weighted by molar-refractivity contribution is -0.148. The minimum atomic E-state index is -1.23.